The summed E-state index contributed by atoms with van der Waals surface area (Å²) >= 11 is 0. The van der Waals surface area contributed by atoms with E-state index in [1.165, 1.54) is 12.1 Å². The first-order valence-electron chi connectivity index (χ1n) is 8.58. The number of rotatable bonds is 4. The van der Waals surface area contributed by atoms with E-state index in [1.807, 2.05) is 12.1 Å². The lowest BCUT2D eigenvalue weighted by atomic mass is 10.2. The van der Waals surface area contributed by atoms with Crippen molar-refractivity contribution in [3.8, 4) is 0 Å². The second-order valence-corrected chi connectivity index (χ2v) is 6.57. The molecule has 0 unspecified atom stereocenters. The largest absolute Gasteiger partial charge is 0.379 e. The fourth-order valence-corrected chi connectivity index (χ4v) is 3.41. The van der Waals surface area contributed by atoms with Crippen molar-refractivity contribution in [3.05, 3.63) is 53.4 Å². The molecular formula is C18H23FN4O. The van der Waals surface area contributed by atoms with Crippen molar-refractivity contribution in [1.29, 1.82) is 0 Å². The van der Waals surface area contributed by atoms with Gasteiger partial charge in [-0.2, -0.15) is 0 Å². The van der Waals surface area contributed by atoms with Gasteiger partial charge < -0.3 is 9.30 Å². The zero-order chi connectivity index (χ0) is 16.4. The summed E-state index contributed by atoms with van der Waals surface area (Å²) < 4.78 is 20.7. The van der Waals surface area contributed by atoms with Crippen LogP contribution in [0.25, 0.3) is 0 Å². The van der Waals surface area contributed by atoms with Gasteiger partial charge in [0, 0.05) is 45.5 Å². The number of morpholine rings is 1. The zero-order valence-corrected chi connectivity index (χ0v) is 13.8. The molecule has 3 heterocycles. The zero-order valence-electron chi connectivity index (χ0n) is 13.8. The van der Waals surface area contributed by atoms with Crippen LogP contribution in [0.3, 0.4) is 0 Å². The molecule has 0 radical (unpaired) electrons. The molecule has 5 nitrogen and oxygen atoms in total. The number of imidazole rings is 1. The van der Waals surface area contributed by atoms with Crippen LogP contribution in [-0.2, 0) is 30.9 Å². The highest BCUT2D eigenvalue weighted by molar-refractivity contribution is 5.16. The Morgan fingerprint density at radius 1 is 0.958 bits per heavy atom. The van der Waals surface area contributed by atoms with Crippen molar-refractivity contribution in [2.75, 3.05) is 32.8 Å². The Hall–Kier alpha value is -1.76. The summed E-state index contributed by atoms with van der Waals surface area (Å²) in [5.74, 6) is 0.951. The van der Waals surface area contributed by atoms with Crippen molar-refractivity contribution < 1.29 is 9.13 Å². The van der Waals surface area contributed by atoms with Gasteiger partial charge >= 0.3 is 0 Å². The molecule has 4 rings (SSSR count). The molecule has 0 N–H and O–H groups in total. The second-order valence-electron chi connectivity index (χ2n) is 6.57. The molecule has 1 aromatic carbocycles. The van der Waals surface area contributed by atoms with Gasteiger partial charge in [0.05, 0.1) is 25.5 Å². The first kappa shape index (κ1) is 15.7. The van der Waals surface area contributed by atoms with Crippen LogP contribution in [0.5, 0.6) is 0 Å². The molecule has 2 aliphatic rings. The number of aromatic nitrogens is 2. The lowest BCUT2D eigenvalue weighted by Gasteiger charge is -2.27. The highest BCUT2D eigenvalue weighted by Gasteiger charge is 2.20. The summed E-state index contributed by atoms with van der Waals surface area (Å²) in [6.07, 6.45) is 2.19. The van der Waals surface area contributed by atoms with Gasteiger partial charge in [-0.05, 0) is 17.7 Å². The predicted molar refractivity (Wildman–Crippen MR) is 88.8 cm³/mol. The topological polar surface area (TPSA) is 33.5 Å². The Morgan fingerprint density at radius 3 is 2.54 bits per heavy atom. The van der Waals surface area contributed by atoms with Crippen molar-refractivity contribution in [2.45, 2.75) is 26.2 Å². The minimum Gasteiger partial charge on any atom is -0.379 e. The van der Waals surface area contributed by atoms with Gasteiger partial charge in [0.15, 0.2) is 0 Å². The normalized spacial score (nSPS) is 19.4. The Balaban J connectivity index is 1.38. The second kappa shape index (κ2) is 7.01. The van der Waals surface area contributed by atoms with Crippen LogP contribution in [-0.4, -0.2) is 52.2 Å². The van der Waals surface area contributed by atoms with Gasteiger partial charge in [-0.3, -0.25) is 9.80 Å². The van der Waals surface area contributed by atoms with Crippen molar-refractivity contribution in [3.63, 3.8) is 0 Å². The van der Waals surface area contributed by atoms with E-state index in [4.69, 9.17) is 9.72 Å². The first-order chi connectivity index (χ1) is 11.8. The molecule has 0 saturated carbocycles. The van der Waals surface area contributed by atoms with Crippen molar-refractivity contribution in [2.24, 2.45) is 0 Å². The summed E-state index contributed by atoms with van der Waals surface area (Å²) in [7, 11) is 0. The molecule has 24 heavy (non-hydrogen) atoms. The number of halogens is 1. The van der Waals surface area contributed by atoms with Crippen LogP contribution >= 0.6 is 0 Å². The summed E-state index contributed by atoms with van der Waals surface area (Å²) in [6, 6.07) is 6.78. The molecule has 128 valence electrons. The molecular weight excluding hydrogens is 307 g/mol. The Bertz CT molecular complexity index is 679. The lowest BCUT2D eigenvalue weighted by molar-refractivity contribution is 0.0337. The van der Waals surface area contributed by atoms with Gasteiger partial charge in [-0.1, -0.05) is 12.1 Å². The molecule has 6 heteroatoms. The number of ether oxygens (including phenoxy) is 1. The Kier molecular flexibility index (Phi) is 4.60. The summed E-state index contributed by atoms with van der Waals surface area (Å²) in [4.78, 5) is 9.60. The molecule has 0 amide bonds. The van der Waals surface area contributed by atoms with E-state index in [0.717, 1.165) is 76.1 Å². The van der Waals surface area contributed by atoms with Crippen LogP contribution in [0.2, 0.25) is 0 Å². The van der Waals surface area contributed by atoms with Gasteiger partial charge in [0.25, 0.3) is 0 Å². The van der Waals surface area contributed by atoms with Crippen LogP contribution in [0.4, 0.5) is 4.39 Å². The van der Waals surface area contributed by atoms with E-state index in [2.05, 4.69) is 20.6 Å². The number of fused-ring (bicyclic) bond motifs is 1. The van der Waals surface area contributed by atoms with E-state index < -0.39 is 0 Å². The van der Waals surface area contributed by atoms with Gasteiger partial charge in [-0.15, -0.1) is 0 Å². The summed E-state index contributed by atoms with van der Waals surface area (Å²) in [6.45, 7) is 8.16. The number of benzene rings is 1. The Morgan fingerprint density at radius 2 is 1.75 bits per heavy atom. The average molecular weight is 330 g/mol. The fraction of sp³-hybridized carbons (Fsp3) is 0.500. The molecule has 1 saturated heterocycles. The molecule has 0 bridgehead atoms. The molecule has 2 aliphatic heterocycles. The molecule has 0 spiro atoms. The average Bonchev–Trinajstić information content (AvgIpc) is 2.99. The van der Waals surface area contributed by atoms with Crippen LogP contribution in [0, 0.1) is 5.82 Å². The van der Waals surface area contributed by atoms with E-state index in [1.54, 1.807) is 0 Å². The maximum absolute atomic E-state index is 13.0. The molecule has 1 aromatic heterocycles. The van der Waals surface area contributed by atoms with E-state index >= 15 is 0 Å². The monoisotopic (exact) mass is 330 g/mol. The molecule has 2 aromatic rings. The Labute approximate surface area is 141 Å². The van der Waals surface area contributed by atoms with E-state index in [0.29, 0.717) is 0 Å². The third kappa shape index (κ3) is 3.66. The highest BCUT2D eigenvalue weighted by atomic mass is 19.1. The third-order valence-electron chi connectivity index (χ3n) is 4.74. The van der Waals surface area contributed by atoms with Crippen LogP contribution < -0.4 is 0 Å². The maximum Gasteiger partial charge on any atom is 0.123 e. The third-order valence-corrected chi connectivity index (χ3v) is 4.74. The minimum absolute atomic E-state index is 0.180. The van der Waals surface area contributed by atoms with Gasteiger partial charge in [0.2, 0.25) is 0 Å². The number of hydrogen-bond acceptors (Lipinski definition) is 4. The molecule has 0 aliphatic carbocycles. The predicted octanol–water partition coefficient (Wildman–Crippen LogP) is 1.87. The van der Waals surface area contributed by atoms with E-state index in [9.17, 15) is 4.39 Å². The van der Waals surface area contributed by atoms with Crippen LogP contribution in [0.15, 0.2) is 30.5 Å². The van der Waals surface area contributed by atoms with Crippen molar-refractivity contribution >= 4 is 0 Å². The molecule has 0 atom stereocenters. The standard InChI is InChI=1S/C18H23FN4O/c19-16-3-1-15(2-4-16)11-22-5-6-23-13-17(20-18(23)14-22)12-21-7-9-24-10-8-21/h1-4,13H,5-12,14H2. The fourth-order valence-electron chi connectivity index (χ4n) is 3.41. The minimum atomic E-state index is -0.180. The summed E-state index contributed by atoms with van der Waals surface area (Å²) in [5.41, 5.74) is 2.29. The molecule has 1 fully saturated rings. The summed E-state index contributed by atoms with van der Waals surface area (Å²) in [5, 5.41) is 0. The smallest absolute Gasteiger partial charge is 0.123 e. The van der Waals surface area contributed by atoms with Gasteiger partial charge in [-0.25, -0.2) is 9.37 Å². The maximum atomic E-state index is 13.0. The van der Waals surface area contributed by atoms with Gasteiger partial charge in [0.1, 0.15) is 11.6 Å². The lowest BCUT2D eigenvalue weighted by Crippen LogP contribution is -2.35. The first-order valence-corrected chi connectivity index (χ1v) is 8.58. The highest BCUT2D eigenvalue weighted by Crippen LogP contribution is 2.17. The quantitative estimate of drug-likeness (QED) is 0.857. The van der Waals surface area contributed by atoms with Crippen molar-refractivity contribution in [1.82, 2.24) is 19.4 Å². The number of hydrogen-bond donors (Lipinski definition) is 0. The SMILES string of the molecule is Fc1ccc(CN2CCn3cc(CN4CCOCC4)nc3C2)cc1. The van der Waals surface area contributed by atoms with Crippen LogP contribution in [0.1, 0.15) is 17.1 Å². The van der Waals surface area contributed by atoms with E-state index in [-0.39, 0.29) is 5.82 Å². The number of nitrogens with zero attached hydrogens (tertiary/aromatic N) is 4.